The number of hydrogen-bond donors (Lipinski definition) is 1. The van der Waals surface area contributed by atoms with Crippen LogP contribution in [-0.4, -0.2) is 74.9 Å². The molecule has 4 heteroatoms. The van der Waals surface area contributed by atoms with Gasteiger partial charge in [-0.25, -0.2) is 0 Å². The molecule has 0 aliphatic carbocycles. The lowest BCUT2D eigenvalue weighted by molar-refractivity contribution is 0.0636. The number of ether oxygens (including phenoxy) is 1. The van der Waals surface area contributed by atoms with Gasteiger partial charge >= 0.3 is 0 Å². The minimum Gasteiger partial charge on any atom is -0.381 e. The third kappa shape index (κ3) is 2.40. The average molecular weight is 225 g/mol. The summed E-state index contributed by atoms with van der Waals surface area (Å²) < 4.78 is 5.44. The molecule has 92 valence electrons. The van der Waals surface area contributed by atoms with Gasteiger partial charge in [0, 0.05) is 58.5 Å². The first kappa shape index (κ1) is 11.0. The van der Waals surface area contributed by atoms with Crippen LogP contribution in [-0.2, 0) is 4.74 Å². The van der Waals surface area contributed by atoms with Crippen LogP contribution in [0.4, 0.5) is 0 Å². The van der Waals surface area contributed by atoms with Crippen LogP contribution in [0, 0.1) is 5.92 Å². The van der Waals surface area contributed by atoms with Gasteiger partial charge in [0.15, 0.2) is 0 Å². The number of nitrogens with zero attached hydrogens (tertiary/aromatic N) is 2. The number of rotatable bonds is 3. The highest BCUT2D eigenvalue weighted by atomic mass is 16.5. The highest BCUT2D eigenvalue weighted by molar-refractivity contribution is 4.87. The van der Waals surface area contributed by atoms with Gasteiger partial charge in [-0.1, -0.05) is 0 Å². The maximum atomic E-state index is 5.44. The maximum absolute atomic E-state index is 5.44. The maximum Gasteiger partial charge on any atom is 0.0507 e. The molecular formula is C12H23N3O. The zero-order valence-corrected chi connectivity index (χ0v) is 10.0. The number of nitrogens with one attached hydrogen (secondary N) is 1. The summed E-state index contributed by atoms with van der Waals surface area (Å²) in [7, 11) is 0. The standard InChI is InChI=1S/C12H23N3O/c1-6-16-10-11(1)9-14-2-4-15(5-3-14)12-7-13-8-12/h11-13H,1-10H2. The molecule has 1 N–H and O–H groups in total. The topological polar surface area (TPSA) is 27.7 Å². The van der Waals surface area contributed by atoms with Crippen molar-refractivity contribution in [1.29, 1.82) is 0 Å². The van der Waals surface area contributed by atoms with E-state index >= 15 is 0 Å². The van der Waals surface area contributed by atoms with E-state index in [0.29, 0.717) is 0 Å². The van der Waals surface area contributed by atoms with Crippen LogP contribution >= 0.6 is 0 Å². The second kappa shape index (κ2) is 5.00. The molecule has 0 radical (unpaired) electrons. The first-order valence-electron chi connectivity index (χ1n) is 6.67. The molecule has 0 aromatic rings. The Morgan fingerprint density at radius 3 is 2.50 bits per heavy atom. The molecule has 16 heavy (non-hydrogen) atoms. The van der Waals surface area contributed by atoms with Crippen LogP contribution in [0.3, 0.4) is 0 Å². The molecule has 0 bridgehead atoms. The Balaban J connectivity index is 1.39. The number of hydrogen-bond acceptors (Lipinski definition) is 4. The summed E-state index contributed by atoms with van der Waals surface area (Å²) in [6.45, 7) is 10.7. The van der Waals surface area contributed by atoms with Crippen molar-refractivity contribution in [3.63, 3.8) is 0 Å². The van der Waals surface area contributed by atoms with Gasteiger partial charge in [0.05, 0.1) is 6.61 Å². The molecule has 1 atom stereocenters. The minimum atomic E-state index is 0.803. The smallest absolute Gasteiger partial charge is 0.0507 e. The lowest BCUT2D eigenvalue weighted by Crippen LogP contribution is -2.61. The van der Waals surface area contributed by atoms with Crippen molar-refractivity contribution >= 4 is 0 Å². The van der Waals surface area contributed by atoms with Crippen molar-refractivity contribution in [3.05, 3.63) is 0 Å². The van der Waals surface area contributed by atoms with E-state index in [1.165, 1.54) is 52.2 Å². The fourth-order valence-electron chi connectivity index (χ4n) is 2.94. The van der Waals surface area contributed by atoms with Crippen LogP contribution in [0.5, 0.6) is 0 Å². The van der Waals surface area contributed by atoms with Gasteiger partial charge in [-0.2, -0.15) is 0 Å². The SMILES string of the molecule is C1CC(CN2CCN(C3CNC3)CC2)CO1. The Bertz CT molecular complexity index is 218. The first-order chi connectivity index (χ1) is 7.92. The second-order valence-corrected chi connectivity index (χ2v) is 5.38. The summed E-state index contributed by atoms with van der Waals surface area (Å²) in [5.41, 5.74) is 0. The quantitative estimate of drug-likeness (QED) is 0.708. The van der Waals surface area contributed by atoms with Crippen molar-refractivity contribution in [3.8, 4) is 0 Å². The second-order valence-electron chi connectivity index (χ2n) is 5.38. The van der Waals surface area contributed by atoms with Gasteiger partial charge in [0.25, 0.3) is 0 Å². The Kier molecular flexibility index (Phi) is 3.43. The van der Waals surface area contributed by atoms with Gasteiger partial charge in [-0.15, -0.1) is 0 Å². The van der Waals surface area contributed by atoms with Crippen LogP contribution < -0.4 is 5.32 Å². The molecule has 3 aliphatic heterocycles. The molecule has 3 heterocycles. The van der Waals surface area contributed by atoms with Crippen LogP contribution in [0.1, 0.15) is 6.42 Å². The summed E-state index contributed by atoms with van der Waals surface area (Å²) in [5.74, 6) is 0.803. The van der Waals surface area contributed by atoms with Crippen LogP contribution in [0.2, 0.25) is 0 Å². The Morgan fingerprint density at radius 2 is 1.94 bits per heavy atom. The van der Waals surface area contributed by atoms with Crippen molar-refractivity contribution in [2.75, 3.05) is 59.0 Å². The van der Waals surface area contributed by atoms with Crippen molar-refractivity contribution < 1.29 is 4.74 Å². The predicted molar refractivity (Wildman–Crippen MR) is 63.6 cm³/mol. The summed E-state index contributed by atoms with van der Waals surface area (Å²) in [6, 6.07) is 0.831. The molecule has 3 saturated heterocycles. The van der Waals surface area contributed by atoms with Gasteiger partial charge in [-0.3, -0.25) is 4.90 Å². The zero-order chi connectivity index (χ0) is 10.8. The van der Waals surface area contributed by atoms with Crippen LogP contribution in [0.25, 0.3) is 0 Å². The lowest BCUT2D eigenvalue weighted by atomic mass is 10.1. The fraction of sp³-hybridized carbons (Fsp3) is 1.00. The third-order valence-electron chi connectivity index (χ3n) is 4.22. The Morgan fingerprint density at radius 1 is 1.12 bits per heavy atom. The molecule has 4 nitrogen and oxygen atoms in total. The Labute approximate surface area is 97.9 Å². The van der Waals surface area contributed by atoms with Crippen molar-refractivity contribution in [1.82, 2.24) is 15.1 Å². The lowest BCUT2D eigenvalue weighted by Gasteiger charge is -2.43. The average Bonchev–Trinajstić information content (AvgIpc) is 2.71. The van der Waals surface area contributed by atoms with Crippen molar-refractivity contribution in [2.24, 2.45) is 5.92 Å². The highest BCUT2D eigenvalue weighted by Crippen LogP contribution is 2.16. The highest BCUT2D eigenvalue weighted by Gasteiger charge is 2.28. The third-order valence-corrected chi connectivity index (χ3v) is 4.22. The molecule has 0 aromatic heterocycles. The Hall–Kier alpha value is -0.160. The zero-order valence-electron chi connectivity index (χ0n) is 10.0. The number of piperazine rings is 1. The molecule has 0 amide bonds. The van der Waals surface area contributed by atoms with E-state index in [1.807, 2.05) is 0 Å². The molecule has 0 aromatic carbocycles. The van der Waals surface area contributed by atoms with Crippen LogP contribution in [0.15, 0.2) is 0 Å². The predicted octanol–water partition coefficient (Wildman–Crippen LogP) is -0.388. The molecule has 3 aliphatic rings. The fourth-order valence-corrected chi connectivity index (χ4v) is 2.94. The monoisotopic (exact) mass is 225 g/mol. The van der Waals surface area contributed by atoms with Gasteiger partial charge in [0.2, 0.25) is 0 Å². The van der Waals surface area contributed by atoms with Gasteiger partial charge in [0.1, 0.15) is 0 Å². The van der Waals surface area contributed by atoms with Gasteiger partial charge < -0.3 is 15.0 Å². The van der Waals surface area contributed by atoms with Crippen molar-refractivity contribution in [2.45, 2.75) is 12.5 Å². The van der Waals surface area contributed by atoms with E-state index in [0.717, 1.165) is 25.2 Å². The molecule has 0 spiro atoms. The summed E-state index contributed by atoms with van der Waals surface area (Å²) in [4.78, 5) is 5.28. The molecule has 0 saturated carbocycles. The largest absolute Gasteiger partial charge is 0.381 e. The normalized spacial score (nSPS) is 34.1. The van der Waals surface area contributed by atoms with Gasteiger partial charge in [-0.05, 0) is 12.3 Å². The van der Waals surface area contributed by atoms with E-state index in [9.17, 15) is 0 Å². The molecule has 1 unspecified atom stereocenters. The molecular weight excluding hydrogens is 202 g/mol. The summed E-state index contributed by atoms with van der Waals surface area (Å²) in [5, 5.41) is 3.36. The van der Waals surface area contributed by atoms with E-state index in [4.69, 9.17) is 4.74 Å². The van der Waals surface area contributed by atoms with E-state index in [1.54, 1.807) is 0 Å². The van der Waals surface area contributed by atoms with E-state index in [-0.39, 0.29) is 0 Å². The molecule has 3 fully saturated rings. The first-order valence-corrected chi connectivity index (χ1v) is 6.67. The summed E-state index contributed by atoms with van der Waals surface area (Å²) >= 11 is 0. The van der Waals surface area contributed by atoms with E-state index < -0.39 is 0 Å². The minimum absolute atomic E-state index is 0.803. The summed E-state index contributed by atoms with van der Waals surface area (Å²) in [6.07, 6.45) is 1.27. The van der Waals surface area contributed by atoms with E-state index in [2.05, 4.69) is 15.1 Å². The molecule has 3 rings (SSSR count).